The van der Waals surface area contributed by atoms with Gasteiger partial charge in [-0.1, -0.05) is 64.8 Å². The van der Waals surface area contributed by atoms with Crippen molar-refractivity contribution >= 4 is 12.4 Å². The summed E-state index contributed by atoms with van der Waals surface area (Å²) in [6.45, 7) is 8.53. The first kappa shape index (κ1) is 24.0. The molecule has 2 aromatic carbocycles. The lowest BCUT2D eigenvalue weighted by atomic mass is 9.91. The van der Waals surface area contributed by atoms with Gasteiger partial charge in [0.2, 0.25) is 0 Å². The Labute approximate surface area is 193 Å². The molecule has 0 saturated heterocycles. The predicted octanol–water partition coefficient (Wildman–Crippen LogP) is 6.97. The summed E-state index contributed by atoms with van der Waals surface area (Å²) >= 11 is 0. The number of phenolic OH excluding ortho intramolecular Hbond substituents is 2. The van der Waals surface area contributed by atoms with E-state index in [2.05, 4.69) is 27.7 Å². The minimum Gasteiger partial charge on any atom is -0.507 e. The summed E-state index contributed by atoms with van der Waals surface area (Å²) in [6, 6.07) is 12.0. The van der Waals surface area contributed by atoms with Crippen LogP contribution in [-0.4, -0.2) is 34.7 Å². The molecule has 4 atom stereocenters. The van der Waals surface area contributed by atoms with E-state index in [1.807, 2.05) is 48.8 Å². The van der Waals surface area contributed by atoms with Crippen LogP contribution in [0.15, 0.2) is 46.4 Å². The molecule has 4 heteroatoms. The second-order valence-electron chi connectivity index (χ2n) is 9.16. The van der Waals surface area contributed by atoms with E-state index in [4.69, 9.17) is 9.98 Å². The van der Waals surface area contributed by atoms with Crippen molar-refractivity contribution in [3.8, 4) is 11.5 Å². The van der Waals surface area contributed by atoms with E-state index in [0.29, 0.717) is 23.3 Å². The third-order valence-corrected chi connectivity index (χ3v) is 6.99. The highest BCUT2D eigenvalue weighted by Gasteiger charge is 2.23. The van der Waals surface area contributed by atoms with Crippen molar-refractivity contribution < 1.29 is 10.2 Å². The number of hydrogen-bond donors (Lipinski definition) is 2. The summed E-state index contributed by atoms with van der Waals surface area (Å²) in [5.74, 6) is 1.31. The van der Waals surface area contributed by atoms with Gasteiger partial charge in [-0.3, -0.25) is 9.98 Å². The number of nitrogens with zero attached hydrogens (tertiary/aromatic N) is 2. The summed E-state index contributed by atoms with van der Waals surface area (Å²) in [5.41, 5.74) is 3.50. The van der Waals surface area contributed by atoms with Crippen LogP contribution in [0.3, 0.4) is 0 Å². The van der Waals surface area contributed by atoms with E-state index < -0.39 is 0 Å². The van der Waals surface area contributed by atoms with Crippen LogP contribution < -0.4 is 0 Å². The van der Waals surface area contributed by atoms with Gasteiger partial charge >= 0.3 is 0 Å². The Morgan fingerprint density at radius 1 is 0.781 bits per heavy atom. The summed E-state index contributed by atoms with van der Waals surface area (Å²) in [5, 5.41) is 21.4. The number of phenols is 2. The minimum atomic E-state index is 0.0894. The predicted molar refractivity (Wildman–Crippen MR) is 135 cm³/mol. The number of aliphatic imine (C=N–C) groups is 2. The van der Waals surface area contributed by atoms with Crippen LogP contribution in [0.1, 0.15) is 100 Å². The molecule has 1 saturated carbocycles. The van der Waals surface area contributed by atoms with Crippen molar-refractivity contribution in [1.29, 1.82) is 0 Å². The average molecular weight is 435 g/mol. The molecule has 1 aliphatic rings. The maximum atomic E-state index is 10.7. The Morgan fingerprint density at radius 3 is 1.56 bits per heavy atom. The molecule has 0 spiro atoms. The Morgan fingerprint density at radius 2 is 1.19 bits per heavy atom. The fraction of sp³-hybridized carbons (Fsp3) is 0.500. The molecule has 0 bridgehead atoms. The summed E-state index contributed by atoms with van der Waals surface area (Å²) in [6.07, 6.45) is 9.87. The highest BCUT2D eigenvalue weighted by atomic mass is 16.3. The van der Waals surface area contributed by atoms with Crippen molar-refractivity contribution in [2.24, 2.45) is 9.98 Å². The zero-order valence-corrected chi connectivity index (χ0v) is 20.0. The van der Waals surface area contributed by atoms with Gasteiger partial charge in [0.1, 0.15) is 11.5 Å². The Bertz CT molecular complexity index is 873. The largest absolute Gasteiger partial charge is 0.507 e. The van der Waals surface area contributed by atoms with E-state index in [1.54, 1.807) is 0 Å². The normalized spacial score (nSPS) is 21.2. The van der Waals surface area contributed by atoms with Crippen molar-refractivity contribution in [3.63, 3.8) is 0 Å². The molecule has 0 heterocycles. The average Bonchev–Trinajstić information content (AvgIpc) is 2.82. The number of aromatic hydroxyl groups is 2. The van der Waals surface area contributed by atoms with Crippen LogP contribution in [0, 0.1) is 0 Å². The molecule has 0 aromatic heterocycles. The van der Waals surface area contributed by atoms with Crippen LogP contribution in [0.2, 0.25) is 0 Å². The van der Waals surface area contributed by atoms with Gasteiger partial charge in [-0.25, -0.2) is 0 Å². The van der Waals surface area contributed by atoms with Crippen LogP contribution >= 0.6 is 0 Å². The van der Waals surface area contributed by atoms with Gasteiger partial charge in [-0.05, 0) is 60.8 Å². The number of benzene rings is 2. The molecule has 2 N–H and O–H groups in total. The molecular formula is C28H38N2O2. The molecule has 32 heavy (non-hydrogen) atoms. The van der Waals surface area contributed by atoms with Crippen LogP contribution in [0.5, 0.6) is 11.5 Å². The fourth-order valence-electron chi connectivity index (χ4n) is 4.40. The molecule has 1 aliphatic carbocycles. The van der Waals surface area contributed by atoms with Crippen molar-refractivity contribution in [2.45, 2.75) is 90.1 Å². The molecule has 4 nitrogen and oxygen atoms in total. The van der Waals surface area contributed by atoms with E-state index in [0.717, 1.165) is 60.8 Å². The first-order valence-corrected chi connectivity index (χ1v) is 12.2. The van der Waals surface area contributed by atoms with Crippen molar-refractivity contribution in [2.75, 3.05) is 0 Å². The highest BCUT2D eigenvalue weighted by Crippen LogP contribution is 2.32. The Balaban J connectivity index is 1.79. The summed E-state index contributed by atoms with van der Waals surface area (Å²) in [4.78, 5) is 9.71. The topological polar surface area (TPSA) is 65.2 Å². The van der Waals surface area contributed by atoms with Gasteiger partial charge in [0.05, 0.1) is 12.1 Å². The maximum absolute atomic E-state index is 10.7. The zero-order chi connectivity index (χ0) is 23.1. The van der Waals surface area contributed by atoms with Crippen LogP contribution in [-0.2, 0) is 0 Å². The van der Waals surface area contributed by atoms with Gasteiger partial charge < -0.3 is 10.2 Å². The molecule has 0 radical (unpaired) electrons. The van der Waals surface area contributed by atoms with E-state index >= 15 is 0 Å². The van der Waals surface area contributed by atoms with E-state index in [1.165, 1.54) is 0 Å². The molecule has 2 aromatic rings. The van der Waals surface area contributed by atoms with Gasteiger partial charge in [-0.2, -0.15) is 0 Å². The molecule has 172 valence electrons. The molecule has 3 rings (SSSR count). The highest BCUT2D eigenvalue weighted by molar-refractivity contribution is 5.85. The van der Waals surface area contributed by atoms with E-state index in [9.17, 15) is 10.2 Å². The molecule has 1 fully saturated rings. The van der Waals surface area contributed by atoms with Gasteiger partial charge in [0.15, 0.2) is 0 Å². The monoisotopic (exact) mass is 434 g/mol. The Hall–Kier alpha value is -2.62. The summed E-state index contributed by atoms with van der Waals surface area (Å²) < 4.78 is 0. The lowest BCUT2D eigenvalue weighted by Gasteiger charge is -2.25. The second-order valence-corrected chi connectivity index (χ2v) is 9.16. The standard InChI is InChI=1S/C28H38N2O2/c1-5-19(3)23-13-9-11-21(27(23)31)17-29-25-15-7-8-16-26(25)30-18-22-12-10-14-24(28(22)32)20(4)6-2/h9-14,17-20,25-26,31-32H,5-8,15-16H2,1-4H3/t19?,20?,25-,26-/m0/s1. The van der Waals surface area contributed by atoms with E-state index in [-0.39, 0.29) is 12.1 Å². The number of para-hydroxylation sites is 2. The molecule has 2 unspecified atom stereocenters. The lowest BCUT2D eigenvalue weighted by molar-refractivity contribution is 0.390. The quantitative estimate of drug-likeness (QED) is 0.440. The maximum Gasteiger partial charge on any atom is 0.127 e. The van der Waals surface area contributed by atoms with Crippen molar-refractivity contribution in [1.82, 2.24) is 0 Å². The van der Waals surface area contributed by atoms with Gasteiger partial charge in [0.25, 0.3) is 0 Å². The number of rotatable bonds is 8. The third kappa shape index (κ3) is 5.59. The smallest absolute Gasteiger partial charge is 0.127 e. The summed E-state index contributed by atoms with van der Waals surface area (Å²) in [7, 11) is 0. The van der Waals surface area contributed by atoms with Crippen LogP contribution in [0.4, 0.5) is 0 Å². The number of hydrogen-bond acceptors (Lipinski definition) is 4. The van der Waals surface area contributed by atoms with Gasteiger partial charge in [-0.15, -0.1) is 0 Å². The zero-order valence-electron chi connectivity index (χ0n) is 20.0. The SMILES string of the molecule is CCC(C)c1cccc(C=N[C@H]2CCCC[C@@H]2N=Cc2cccc(C(C)CC)c2O)c1O. The first-order chi connectivity index (χ1) is 15.5. The second kappa shape index (κ2) is 11.3. The Kier molecular flexibility index (Phi) is 8.49. The van der Waals surface area contributed by atoms with Crippen molar-refractivity contribution in [3.05, 3.63) is 58.7 Å². The van der Waals surface area contributed by atoms with Gasteiger partial charge in [0, 0.05) is 23.6 Å². The lowest BCUT2D eigenvalue weighted by Crippen LogP contribution is -2.27. The minimum absolute atomic E-state index is 0.0894. The molecular weight excluding hydrogens is 396 g/mol. The van der Waals surface area contributed by atoms with Crippen LogP contribution in [0.25, 0.3) is 0 Å². The first-order valence-electron chi connectivity index (χ1n) is 12.2. The fourth-order valence-corrected chi connectivity index (χ4v) is 4.40. The third-order valence-electron chi connectivity index (χ3n) is 6.99. The molecule has 0 amide bonds. The molecule has 0 aliphatic heterocycles.